The molecule has 10 nitrogen and oxygen atoms in total. The minimum atomic E-state index is -0.487. The van der Waals surface area contributed by atoms with Gasteiger partial charge in [-0.05, 0) is 32.0 Å². The van der Waals surface area contributed by atoms with Gasteiger partial charge in [-0.25, -0.2) is 0 Å². The number of nitrogens with one attached hydrogen (secondary N) is 2. The third-order valence-corrected chi connectivity index (χ3v) is 5.47. The van der Waals surface area contributed by atoms with Crippen LogP contribution in [0, 0.1) is 17.0 Å². The van der Waals surface area contributed by atoms with Crippen LogP contribution in [0.2, 0.25) is 0 Å². The summed E-state index contributed by atoms with van der Waals surface area (Å²) in [5.74, 6) is -0.00975. The highest BCUT2D eigenvalue weighted by atomic mass is 32.2. The van der Waals surface area contributed by atoms with Crippen LogP contribution in [0.4, 0.5) is 17.1 Å². The lowest BCUT2D eigenvalue weighted by atomic mass is 10.2. The van der Waals surface area contributed by atoms with Crippen LogP contribution < -0.4 is 10.6 Å². The van der Waals surface area contributed by atoms with E-state index >= 15 is 0 Å². The average Bonchev–Trinajstić information content (AvgIpc) is 3.15. The molecule has 0 unspecified atom stereocenters. The molecule has 1 aromatic heterocycles. The van der Waals surface area contributed by atoms with Crippen molar-refractivity contribution in [1.82, 2.24) is 14.8 Å². The second kappa shape index (κ2) is 10.5. The summed E-state index contributed by atoms with van der Waals surface area (Å²) in [6, 6.07) is 13.6. The van der Waals surface area contributed by atoms with Crippen LogP contribution in [-0.2, 0) is 22.6 Å². The highest BCUT2D eigenvalue weighted by Gasteiger charge is 2.17. The molecular formula is C21H22N6O4S. The number of rotatable bonds is 9. The second-order valence-electron chi connectivity index (χ2n) is 6.83. The Labute approximate surface area is 188 Å². The maximum absolute atomic E-state index is 12.3. The molecule has 2 amide bonds. The van der Waals surface area contributed by atoms with E-state index in [-0.39, 0.29) is 29.7 Å². The molecule has 0 atom stereocenters. The van der Waals surface area contributed by atoms with Crippen LogP contribution in [0.1, 0.15) is 18.3 Å². The standard InChI is InChI=1S/C21H22N6O4S/c1-3-26-18(12-19(28)22-15-7-5-4-6-8-15)24-25-21(26)32-13-20(29)23-16-10-9-14(2)17(11-16)27(30)31/h4-11H,3,12-13H2,1-2H3,(H,22,28)(H,23,29). The number of thioether (sulfide) groups is 1. The van der Waals surface area contributed by atoms with E-state index in [2.05, 4.69) is 20.8 Å². The number of carbonyl (C=O) groups excluding carboxylic acids is 2. The lowest BCUT2D eigenvalue weighted by Crippen LogP contribution is -2.18. The van der Waals surface area contributed by atoms with Gasteiger partial charge in [0.2, 0.25) is 11.8 Å². The lowest BCUT2D eigenvalue weighted by molar-refractivity contribution is -0.385. The molecular weight excluding hydrogens is 432 g/mol. The molecule has 3 rings (SSSR count). The molecule has 166 valence electrons. The van der Waals surface area contributed by atoms with E-state index in [0.717, 1.165) is 0 Å². The maximum Gasteiger partial charge on any atom is 0.274 e. The van der Waals surface area contributed by atoms with E-state index in [1.165, 1.54) is 17.8 Å². The van der Waals surface area contributed by atoms with Crippen molar-refractivity contribution in [2.75, 3.05) is 16.4 Å². The highest BCUT2D eigenvalue weighted by molar-refractivity contribution is 7.99. The Morgan fingerprint density at radius 2 is 1.78 bits per heavy atom. The Balaban J connectivity index is 1.59. The van der Waals surface area contributed by atoms with Crippen molar-refractivity contribution >= 4 is 40.6 Å². The van der Waals surface area contributed by atoms with Gasteiger partial charge in [0.05, 0.1) is 17.1 Å². The SMILES string of the molecule is CCn1c(CC(=O)Nc2ccccc2)nnc1SCC(=O)Nc1ccc(C)c([N+](=O)[O-])c1. The topological polar surface area (TPSA) is 132 Å². The molecule has 0 aliphatic carbocycles. The smallest absolute Gasteiger partial charge is 0.274 e. The molecule has 3 aromatic rings. The third kappa shape index (κ3) is 5.91. The maximum atomic E-state index is 12.3. The van der Waals surface area contributed by atoms with Crippen molar-refractivity contribution in [2.45, 2.75) is 32.0 Å². The van der Waals surface area contributed by atoms with Crippen LogP contribution in [0.25, 0.3) is 0 Å². The van der Waals surface area contributed by atoms with E-state index in [4.69, 9.17) is 0 Å². The van der Waals surface area contributed by atoms with Gasteiger partial charge in [0.15, 0.2) is 5.16 Å². The summed E-state index contributed by atoms with van der Waals surface area (Å²) in [7, 11) is 0. The first-order valence-electron chi connectivity index (χ1n) is 9.82. The first kappa shape index (κ1) is 22.9. The number of anilines is 2. The van der Waals surface area contributed by atoms with E-state index in [9.17, 15) is 19.7 Å². The van der Waals surface area contributed by atoms with Crippen molar-refractivity contribution < 1.29 is 14.5 Å². The molecule has 0 spiro atoms. The molecule has 0 saturated carbocycles. The summed E-state index contributed by atoms with van der Waals surface area (Å²) in [6.45, 7) is 4.07. The molecule has 0 saturated heterocycles. The van der Waals surface area contributed by atoms with Gasteiger partial charge in [-0.2, -0.15) is 0 Å². The van der Waals surface area contributed by atoms with E-state index in [1.807, 2.05) is 25.1 Å². The van der Waals surface area contributed by atoms with Crippen LogP contribution in [0.15, 0.2) is 53.7 Å². The van der Waals surface area contributed by atoms with Crippen molar-refractivity contribution in [1.29, 1.82) is 0 Å². The van der Waals surface area contributed by atoms with Gasteiger partial charge >= 0.3 is 0 Å². The van der Waals surface area contributed by atoms with Crippen molar-refractivity contribution in [3.63, 3.8) is 0 Å². The normalized spacial score (nSPS) is 10.6. The minimum absolute atomic E-state index is 0.0377. The first-order valence-corrected chi connectivity index (χ1v) is 10.8. The van der Waals surface area contributed by atoms with E-state index in [1.54, 1.807) is 35.8 Å². The third-order valence-electron chi connectivity index (χ3n) is 4.51. The Bertz CT molecular complexity index is 1130. The molecule has 2 N–H and O–H groups in total. The highest BCUT2D eigenvalue weighted by Crippen LogP contribution is 2.23. The largest absolute Gasteiger partial charge is 0.326 e. The van der Waals surface area contributed by atoms with Crippen LogP contribution in [0.3, 0.4) is 0 Å². The zero-order valence-corrected chi connectivity index (χ0v) is 18.4. The van der Waals surface area contributed by atoms with Crippen molar-refractivity contribution in [3.8, 4) is 0 Å². The fourth-order valence-corrected chi connectivity index (χ4v) is 3.78. The number of nitro benzene ring substituents is 1. The predicted octanol–water partition coefficient (Wildman–Crippen LogP) is 3.43. The van der Waals surface area contributed by atoms with E-state index < -0.39 is 4.92 Å². The Morgan fingerprint density at radius 1 is 1.06 bits per heavy atom. The minimum Gasteiger partial charge on any atom is -0.326 e. The fraction of sp³-hybridized carbons (Fsp3) is 0.238. The molecule has 0 aliphatic rings. The van der Waals surface area contributed by atoms with Gasteiger partial charge < -0.3 is 15.2 Å². The predicted molar refractivity (Wildman–Crippen MR) is 122 cm³/mol. The molecule has 0 aliphatic heterocycles. The van der Waals surface area contributed by atoms with Crippen LogP contribution in [0.5, 0.6) is 0 Å². The number of carbonyl (C=O) groups is 2. The van der Waals surface area contributed by atoms with Crippen LogP contribution in [-0.4, -0.2) is 37.3 Å². The number of amides is 2. The Morgan fingerprint density at radius 3 is 2.47 bits per heavy atom. The quantitative estimate of drug-likeness (QED) is 0.288. The first-order chi connectivity index (χ1) is 15.4. The molecule has 0 fully saturated rings. The van der Waals surface area contributed by atoms with Crippen molar-refractivity contribution in [3.05, 3.63) is 70.0 Å². The zero-order chi connectivity index (χ0) is 23.1. The van der Waals surface area contributed by atoms with Gasteiger partial charge in [0.1, 0.15) is 5.82 Å². The van der Waals surface area contributed by atoms with Gasteiger partial charge in [-0.15, -0.1) is 10.2 Å². The summed E-state index contributed by atoms with van der Waals surface area (Å²) in [5, 5.41) is 25.2. The molecule has 11 heteroatoms. The number of aromatic nitrogens is 3. The Kier molecular flexibility index (Phi) is 7.55. The summed E-state index contributed by atoms with van der Waals surface area (Å²) >= 11 is 1.18. The summed E-state index contributed by atoms with van der Waals surface area (Å²) in [4.78, 5) is 35.2. The molecule has 2 aromatic carbocycles. The van der Waals surface area contributed by atoms with Gasteiger partial charge in [-0.3, -0.25) is 19.7 Å². The van der Waals surface area contributed by atoms with Crippen LogP contribution >= 0.6 is 11.8 Å². The summed E-state index contributed by atoms with van der Waals surface area (Å²) < 4.78 is 1.78. The molecule has 0 bridgehead atoms. The number of hydrogen-bond acceptors (Lipinski definition) is 7. The number of hydrogen-bond donors (Lipinski definition) is 2. The summed E-state index contributed by atoms with van der Waals surface area (Å²) in [5.41, 5.74) is 1.51. The number of benzene rings is 2. The molecule has 32 heavy (non-hydrogen) atoms. The molecule has 1 heterocycles. The summed E-state index contributed by atoms with van der Waals surface area (Å²) in [6.07, 6.45) is 0.0511. The van der Waals surface area contributed by atoms with Crippen molar-refractivity contribution in [2.24, 2.45) is 0 Å². The van der Waals surface area contributed by atoms with E-state index in [0.29, 0.717) is 34.5 Å². The number of nitrogens with zero attached hydrogens (tertiary/aromatic N) is 4. The number of para-hydroxylation sites is 1. The fourth-order valence-electron chi connectivity index (χ4n) is 2.96. The number of aryl methyl sites for hydroxylation is 1. The average molecular weight is 455 g/mol. The second-order valence-corrected chi connectivity index (χ2v) is 7.77. The molecule has 0 radical (unpaired) electrons. The lowest BCUT2D eigenvalue weighted by Gasteiger charge is -2.09. The van der Waals surface area contributed by atoms with Gasteiger partial charge in [-0.1, -0.05) is 36.0 Å². The Hall–Kier alpha value is -3.73. The zero-order valence-electron chi connectivity index (χ0n) is 17.6. The van der Waals surface area contributed by atoms with Gasteiger partial charge in [0.25, 0.3) is 5.69 Å². The van der Waals surface area contributed by atoms with Gasteiger partial charge in [0, 0.05) is 29.5 Å². The monoisotopic (exact) mass is 454 g/mol. The number of nitro groups is 1.